The van der Waals surface area contributed by atoms with E-state index in [1.54, 1.807) is 47.4 Å². The first-order chi connectivity index (χ1) is 51.5. The van der Waals surface area contributed by atoms with Crippen LogP contribution >= 0.6 is 34.8 Å². The zero-order chi connectivity index (χ0) is 77.8. The molecule has 7 aromatic rings. The van der Waals surface area contributed by atoms with Gasteiger partial charge in [0, 0.05) is 95.6 Å². The van der Waals surface area contributed by atoms with Crippen molar-refractivity contribution >= 4 is 101 Å². The Hall–Kier alpha value is -9.76. The molecule has 0 saturated carbocycles. The summed E-state index contributed by atoms with van der Waals surface area (Å²) in [6.45, 7) is -2.43. The van der Waals surface area contributed by atoms with Crippen molar-refractivity contribution in [1.29, 1.82) is 0 Å². The maximum absolute atomic E-state index is 15.0. The number of carbonyl (C=O) groups excluding carboxylic acids is 4. The van der Waals surface area contributed by atoms with Crippen LogP contribution < -0.4 is 37.3 Å². The molecule has 6 unspecified atom stereocenters. The Balaban J connectivity index is 0.715. The number of hydrogen-bond acceptors (Lipinski definition) is 27. The number of amides is 3. The second-order valence-corrected chi connectivity index (χ2v) is 30.5. The largest absolute Gasteiger partial charge is 0.491 e. The third-order valence-electron chi connectivity index (χ3n) is 16.0. The topological polar surface area (TPSA) is 561 Å². The molecule has 44 heteroatoms. The number of ketones is 1. The van der Waals surface area contributed by atoms with Gasteiger partial charge in [0.25, 0.3) is 21.9 Å². The van der Waals surface area contributed by atoms with Gasteiger partial charge in [0.05, 0.1) is 59.7 Å². The molecular formula is C64H69N14O25P3S2. The highest BCUT2D eigenvalue weighted by molar-refractivity contribution is 7.85. The predicted molar refractivity (Wildman–Crippen MR) is 385 cm³/mol. The molecule has 5 heterocycles. The van der Waals surface area contributed by atoms with Crippen LogP contribution in [0.4, 0.5) is 11.5 Å². The molecule has 3 amide bonds. The van der Waals surface area contributed by atoms with Crippen LogP contribution in [0.15, 0.2) is 115 Å². The van der Waals surface area contributed by atoms with Gasteiger partial charge in [0.15, 0.2) is 6.23 Å². The summed E-state index contributed by atoms with van der Waals surface area (Å²) in [6.07, 6.45) is 3.50. The highest BCUT2D eigenvalue weighted by atomic mass is 32.2. The average Bonchev–Trinajstić information content (AvgIpc) is 1.18. The van der Waals surface area contributed by atoms with E-state index in [1.165, 1.54) is 28.4 Å². The fourth-order valence-electron chi connectivity index (χ4n) is 11.3. The van der Waals surface area contributed by atoms with Crippen molar-refractivity contribution in [3.8, 4) is 51.8 Å². The summed E-state index contributed by atoms with van der Waals surface area (Å²) in [4.78, 5) is 135. The molecule has 3 aromatic heterocycles. The smallest absolute Gasteiger partial charge is 0.490 e. The second kappa shape index (κ2) is 37.9. The van der Waals surface area contributed by atoms with E-state index < -0.39 is 113 Å². The number of aromatic nitrogens is 3. The maximum atomic E-state index is 15.0. The van der Waals surface area contributed by atoms with Crippen LogP contribution in [-0.4, -0.2) is 172 Å². The Morgan fingerprint density at radius 2 is 1.69 bits per heavy atom. The molecule has 1 saturated heterocycles. The van der Waals surface area contributed by atoms with Gasteiger partial charge in [-0.15, -0.1) is 11.3 Å². The number of nitrogens with two attached hydrogens (primary N) is 1. The molecule has 39 nitrogen and oxygen atoms in total. The molecule has 9 rings (SSSR count). The molecule has 0 bridgehead atoms. The van der Waals surface area contributed by atoms with E-state index in [4.69, 9.17) is 60.6 Å². The predicted octanol–water partition coefficient (Wildman–Crippen LogP) is 7.00. The molecule has 0 aliphatic carbocycles. The van der Waals surface area contributed by atoms with E-state index in [9.17, 15) is 70.8 Å². The van der Waals surface area contributed by atoms with Crippen LogP contribution in [0.25, 0.3) is 63.8 Å². The van der Waals surface area contributed by atoms with Crippen LogP contribution in [0.1, 0.15) is 83.0 Å². The molecule has 4 aromatic carbocycles. The number of thiazole rings is 1. The van der Waals surface area contributed by atoms with Crippen LogP contribution in [0.3, 0.4) is 0 Å². The quantitative estimate of drug-likeness (QED) is 0.00282. The number of azide groups is 2. The van der Waals surface area contributed by atoms with Gasteiger partial charge in [0.2, 0.25) is 5.91 Å². The first-order valence-corrected chi connectivity index (χ1v) is 39.5. The molecule has 1 fully saturated rings. The number of nitrogens with zero attached hydrogens (tertiary/aromatic N) is 11. The van der Waals surface area contributed by atoms with Gasteiger partial charge >= 0.3 is 34.8 Å². The number of carbonyl (C=O) groups is 4. The highest BCUT2D eigenvalue weighted by Crippen LogP contribution is 2.66. The number of terminal acetylenes is 1. The number of nitrogen functional groups attached to an aromatic ring is 1. The van der Waals surface area contributed by atoms with E-state index in [-0.39, 0.29) is 130 Å². The van der Waals surface area contributed by atoms with Gasteiger partial charge < -0.3 is 73.8 Å². The molecule has 6 atom stereocenters. The van der Waals surface area contributed by atoms with Crippen molar-refractivity contribution in [2.24, 2.45) is 10.2 Å². The Morgan fingerprint density at radius 1 is 0.917 bits per heavy atom. The average molecular weight is 1590 g/mol. The van der Waals surface area contributed by atoms with Crippen molar-refractivity contribution in [3.05, 3.63) is 155 Å². The zero-order valence-electron chi connectivity index (χ0n) is 56.7. The van der Waals surface area contributed by atoms with Gasteiger partial charge in [-0.05, 0) is 96.8 Å². The molecule has 572 valence electrons. The molecule has 2 aliphatic heterocycles. The molecular weight excluding hydrogens is 1520 g/mol. The molecule has 9 N–H and O–H groups in total. The van der Waals surface area contributed by atoms with Crippen LogP contribution in [0.5, 0.6) is 5.75 Å². The maximum Gasteiger partial charge on any atom is 0.490 e. The number of benzene rings is 4. The Morgan fingerprint density at radius 3 is 2.44 bits per heavy atom. The minimum atomic E-state index is -5.87. The molecule has 0 radical (unpaired) electrons. The first-order valence-electron chi connectivity index (χ1n) is 32.6. The van der Waals surface area contributed by atoms with Crippen LogP contribution in [-0.2, 0) is 71.9 Å². The third kappa shape index (κ3) is 23.6. The van der Waals surface area contributed by atoms with E-state index >= 15 is 0 Å². The monoisotopic (exact) mass is 1590 g/mol. The van der Waals surface area contributed by atoms with Crippen molar-refractivity contribution in [2.75, 3.05) is 88.9 Å². The number of aryl methyl sites for hydroxylation is 1. The van der Waals surface area contributed by atoms with Gasteiger partial charge in [-0.2, -0.15) is 22.0 Å². The Labute approximate surface area is 617 Å². The highest BCUT2D eigenvalue weighted by Gasteiger charge is 2.44. The van der Waals surface area contributed by atoms with Crippen LogP contribution in [0.2, 0.25) is 0 Å². The van der Waals surface area contributed by atoms with Crippen molar-refractivity contribution in [1.82, 2.24) is 30.1 Å². The second-order valence-electron chi connectivity index (χ2n) is 23.5. The summed E-state index contributed by atoms with van der Waals surface area (Å²) in [5.74, 6) is 2.65. The van der Waals surface area contributed by atoms with Gasteiger partial charge in [0.1, 0.15) is 65.8 Å². The molecule has 2 aliphatic rings. The van der Waals surface area contributed by atoms with E-state index in [2.05, 4.69) is 66.7 Å². The SMILES string of the molecule is C#CN1CCCc2cc3c(-c4ccccc4C(=O)N(CCCC(=O)CCCNC(=O)c4cccc(OCC(N=[N+]=[N-])OCCOCC(=O)NCC#Cc5cn(C6CC(OCN=[N+]=[N-])C(COP(=O)(O)OP(=O)(O)OP(=O)(O)O)O6)c(=O)nc5N)c4)CCCS(=O)(=O)O)c(-c4nc5ccccc5s4)c(=O)oc3cc21. The lowest BCUT2D eigenvalue weighted by atomic mass is 9.90. The number of phosphoric ester groups is 1. The number of anilines is 2. The van der Waals surface area contributed by atoms with Crippen LogP contribution in [0, 0.1) is 24.3 Å². The van der Waals surface area contributed by atoms with Crippen molar-refractivity contribution < 1.29 is 107 Å². The molecule has 0 spiro atoms. The number of Topliss-reactive ketones (excluding diaryl/α,β-unsaturated/α-hetero) is 1. The Bertz CT molecular complexity index is 5100. The number of phosphoric acid groups is 3. The minimum Gasteiger partial charge on any atom is -0.491 e. The van der Waals surface area contributed by atoms with E-state index in [0.717, 1.165) is 33.1 Å². The summed E-state index contributed by atoms with van der Waals surface area (Å²) < 4.78 is 116. The summed E-state index contributed by atoms with van der Waals surface area (Å²) in [7, 11) is -21.6. The number of hydrogen-bond donors (Lipinski definition) is 8. The number of nitrogens with one attached hydrogen (secondary N) is 2. The van der Waals surface area contributed by atoms with Gasteiger partial charge in [-0.25, -0.2) is 28.3 Å². The standard InChI is InChI=1S/C64H69N14O25P3S2/c1-2-76-25-10-15-40-32-47-50(33-49(40)76)101-63(83)58(61-71-48-21-5-6-22-53(48)107-61)57(47)45-19-3-4-20-46(45)62(82)77(27-12-30-108(92,93)94)26-11-17-43(79)16-9-24-69-60(81)41-13-7-18-44(31-41)97-38-55(73-75-67)96-29-28-95-37-54(80)68-23-8-14-42-35-78(64(84)72-59(42)65)56-34-51(98-39-70-74-66)52(100-56)36-99-105(88,89)103-106(90,91)102-104(85,86)87/h1,3-7,13,18-22,31-33,35,51-52,55-56H,9-12,15-17,23-30,34,36-39H2,(H,68,80)(H,69,81)(H,88,89)(H,90,91)(H2,65,72,84)(H2,85,86,87)(H,92,93,94). The molecule has 108 heavy (non-hydrogen) atoms. The summed E-state index contributed by atoms with van der Waals surface area (Å²) in [6, 6.07) is 26.5. The number of ether oxygens (including phenoxy) is 5. The lowest BCUT2D eigenvalue weighted by Gasteiger charge is -2.27. The first kappa shape index (κ1) is 82.3. The normalized spacial score (nSPS) is 16.3. The lowest BCUT2D eigenvalue weighted by molar-refractivity contribution is -0.126. The summed E-state index contributed by atoms with van der Waals surface area (Å²) in [5, 5.41) is 12.9. The fraction of sp³-hybridized carbons (Fsp3) is 0.375. The minimum absolute atomic E-state index is 0.00266. The summed E-state index contributed by atoms with van der Waals surface area (Å²) >= 11 is 1.29. The van der Waals surface area contributed by atoms with Gasteiger partial charge in [-0.1, -0.05) is 64.9 Å². The van der Waals surface area contributed by atoms with Crippen molar-refractivity contribution in [2.45, 2.75) is 76.0 Å². The van der Waals surface area contributed by atoms with Crippen molar-refractivity contribution in [3.63, 3.8) is 0 Å². The summed E-state index contributed by atoms with van der Waals surface area (Å²) in [5.41, 5.74) is 25.9. The Kier molecular flexibility index (Phi) is 28.8. The number of para-hydroxylation sites is 1. The zero-order valence-corrected chi connectivity index (χ0v) is 61.1. The van der Waals surface area contributed by atoms with Gasteiger partial charge in [-0.3, -0.25) is 32.8 Å². The fourth-order valence-corrected chi connectivity index (χ4v) is 15.8. The van der Waals surface area contributed by atoms with E-state index in [0.29, 0.717) is 40.0 Å². The van der Waals surface area contributed by atoms with E-state index in [1.807, 2.05) is 30.3 Å². The number of fused-ring (bicyclic) bond motifs is 3. The lowest BCUT2D eigenvalue weighted by Crippen LogP contribution is -2.34. The third-order valence-corrected chi connectivity index (χ3v) is 21.6. The number of rotatable bonds is 38.